The van der Waals surface area contributed by atoms with Gasteiger partial charge in [0.1, 0.15) is 0 Å². The van der Waals surface area contributed by atoms with Crippen LogP contribution < -0.4 is 5.32 Å². The first-order chi connectivity index (χ1) is 6.91. The molecule has 1 heterocycles. The van der Waals surface area contributed by atoms with E-state index in [0.29, 0.717) is 6.42 Å². The molecule has 1 aliphatic heterocycles. The number of hydrogen-bond acceptors (Lipinski definition) is 4. The molecule has 6 heteroatoms. The van der Waals surface area contributed by atoms with E-state index in [4.69, 9.17) is 0 Å². The maximum absolute atomic E-state index is 11.3. The second-order valence-corrected chi connectivity index (χ2v) is 6.35. The lowest BCUT2D eigenvalue weighted by molar-refractivity contribution is -0.127. The number of carbonyl (C=O) groups excluding carboxylic acids is 1. The molecule has 0 aromatic rings. The van der Waals surface area contributed by atoms with Crippen LogP contribution in [-0.4, -0.2) is 57.4 Å². The lowest BCUT2D eigenvalue weighted by Gasteiger charge is -2.23. The van der Waals surface area contributed by atoms with Crippen LogP contribution in [0, 0.1) is 0 Å². The van der Waals surface area contributed by atoms with Gasteiger partial charge >= 0.3 is 0 Å². The number of sulfone groups is 1. The lowest BCUT2D eigenvalue weighted by atomic mass is 10.2. The topological polar surface area (TPSA) is 66.5 Å². The molecule has 1 fully saturated rings. The van der Waals surface area contributed by atoms with Crippen LogP contribution >= 0.6 is 0 Å². The fourth-order valence-electron chi connectivity index (χ4n) is 1.57. The van der Waals surface area contributed by atoms with Crippen LogP contribution in [0.15, 0.2) is 0 Å². The Morgan fingerprint density at radius 2 is 2.13 bits per heavy atom. The summed E-state index contributed by atoms with van der Waals surface area (Å²) < 4.78 is 22.6. The van der Waals surface area contributed by atoms with E-state index in [1.54, 1.807) is 14.1 Å². The van der Waals surface area contributed by atoms with E-state index >= 15 is 0 Å². The molecule has 1 N–H and O–H groups in total. The van der Waals surface area contributed by atoms with Crippen LogP contribution in [0.25, 0.3) is 0 Å². The molecule has 15 heavy (non-hydrogen) atoms. The van der Waals surface area contributed by atoms with Crippen LogP contribution in [-0.2, 0) is 14.6 Å². The molecule has 5 nitrogen and oxygen atoms in total. The third-order valence-electron chi connectivity index (χ3n) is 2.50. The number of amides is 1. The van der Waals surface area contributed by atoms with E-state index in [-0.39, 0.29) is 30.0 Å². The molecule has 1 rings (SSSR count). The molecule has 0 bridgehead atoms. The normalized spacial score (nSPS) is 24.8. The standard InChI is InChI=1S/C9H18N2O3S/c1-11(2)9(12)6-10-8-4-3-5-15(13,14)7-8/h8,10H,3-7H2,1-2H3. The highest BCUT2D eigenvalue weighted by atomic mass is 32.2. The Kier molecular flexibility index (Phi) is 4.10. The first-order valence-electron chi connectivity index (χ1n) is 5.05. The van der Waals surface area contributed by atoms with Crippen LogP contribution in [0.4, 0.5) is 0 Å². The molecule has 1 aliphatic rings. The average molecular weight is 234 g/mol. The van der Waals surface area contributed by atoms with E-state index in [2.05, 4.69) is 5.32 Å². The highest BCUT2D eigenvalue weighted by Gasteiger charge is 2.24. The average Bonchev–Trinajstić information content (AvgIpc) is 2.12. The summed E-state index contributed by atoms with van der Waals surface area (Å²) >= 11 is 0. The molecule has 1 saturated heterocycles. The number of rotatable bonds is 3. The van der Waals surface area contributed by atoms with Gasteiger partial charge in [0, 0.05) is 20.1 Å². The third kappa shape index (κ3) is 4.17. The largest absolute Gasteiger partial charge is 0.348 e. The van der Waals surface area contributed by atoms with Gasteiger partial charge in [0.25, 0.3) is 0 Å². The Morgan fingerprint density at radius 3 is 2.67 bits per heavy atom. The number of hydrogen-bond donors (Lipinski definition) is 1. The summed E-state index contributed by atoms with van der Waals surface area (Å²) in [6.45, 7) is 0.215. The Hall–Kier alpha value is -0.620. The van der Waals surface area contributed by atoms with Crippen LogP contribution in [0.1, 0.15) is 12.8 Å². The van der Waals surface area contributed by atoms with Gasteiger partial charge in [-0.15, -0.1) is 0 Å². The zero-order valence-corrected chi connectivity index (χ0v) is 10.0. The predicted molar refractivity (Wildman–Crippen MR) is 58.4 cm³/mol. The Balaban J connectivity index is 2.37. The van der Waals surface area contributed by atoms with Crippen molar-refractivity contribution in [2.24, 2.45) is 0 Å². The van der Waals surface area contributed by atoms with Gasteiger partial charge < -0.3 is 10.2 Å². The zero-order valence-electron chi connectivity index (χ0n) is 9.19. The summed E-state index contributed by atoms with van der Waals surface area (Å²) in [6.07, 6.45) is 1.52. The van der Waals surface area contributed by atoms with Gasteiger partial charge in [-0.25, -0.2) is 8.42 Å². The molecule has 1 unspecified atom stereocenters. The van der Waals surface area contributed by atoms with Crippen LogP contribution in [0.5, 0.6) is 0 Å². The van der Waals surface area contributed by atoms with Gasteiger partial charge in [-0.3, -0.25) is 4.79 Å². The van der Waals surface area contributed by atoms with E-state index in [0.717, 1.165) is 6.42 Å². The van der Waals surface area contributed by atoms with Crippen molar-refractivity contribution >= 4 is 15.7 Å². The minimum absolute atomic E-state index is 0.0297. The number of nitrogens with one attached hydrogen (secondary N) is 1. The highest BCUT2D eigenvalue weighted by Crippen LogP contribution is 2.11. The van der Waals surface area contributed by atoms with Gasteiger partial charge in [0.05, 0.1) is 18.1 Å². The van der Waals surface area contributed by atoms with Gasteiger partial charge in [0.2, 0.25) is 5.91 Å². The van der Waals surface area contributed by atoms with E-state index in [1.807, 2.05) is 0 Å². The molecule has 0 spiro atoms. The summed E-state index contributed by atoms with van der Waals surface area (Å²) in [6, 6.07) is -0.0624. The second-order valence-electron chi connectivity index (χ2n) is 4.12. The number of carbonyl (C=O) groups is 1. The summed E-state index contributed by atoms with van der Waals surface area (Å²) in [5.74, 6) is 0.415. The summed E-state index contributed by atoms with van der Waals surface area (Å²) in [7, 11) is 0.477. The number of likely N-dealkylation sites (N-methyl/N-ethyl adjacent to an activating group) is 1. The fourth-order valence-corrected chi connectivity index (χ4v) is 3.24. The lowest BCUT2D eigenvalue weighted by Crippen LogP contribution is -2.44. The van der Waals surface area contributed by atoms with E-state index in [1.165, 1.54) is 4.90 Å². The van der Waals surface area contributed by atoms with Crippen molar-refractivity contribution < 1.29 is 13.2 Å². The third-order valence-corrected chi connectivity index (χ3v) is 4.32. The number of nitrogens with zero attached hydrogens (tertiary/aromatic N) is 1. The molecule has 88 valence electrons. The summed E-state index contributed by atoms with van der Waals surface area (Å²) in [5, 5.41) is 2.99. The second kappa shape index (κ2) is 4.94. The molecule has 0 aromatic carbocycles. The predicted octanol–water partition coefficient (Wildman–Crippen LogP) is -0.759. The molecular weight excluding hydrogens is 216 g/mol. The van der Waals surface area contributed by atoms with Crippen molar-refractivity contribution in [1.29, 1.82) is 0 Å². The first kappa shape index (κ1) is 12.4. The monoisotopic (exact) mass is 234 g/mol. The summed E-state index contributed by atoms with van der Waals surface area (Å²) in [4.78, 5) is 12.8. The fraction of sp³-hybridized carbons (Fsp3) is 0.889. The van der Waals surface area contributed by atoms with Crippen molar-refractivity contribution in [2.45, 2.75) is 18.9 Å². The van der Waals surface area contributed by atoms with Crippen molar-refractivity contribution in [2.75, 3.05) is 32.1 Å². The Labute approximate surface area is 90.7 Å². The van der Waals surface area contributed by atoms with Gasteiger partial charge in [-0.2, -0.15) is 0 Å². The summed E-state index contributed by atoms with van der Waals surface area (Å²) in [5.41, 5.74) is 0. The minimum Gasteiger partial charge on any atom is -0.348 e. The van der Waals surface area contributed by atoms with Crippen molar-refractivity contribution in [3.05, 3.63) is 0 Å². The smallest absolute Gasteiger partial charge is 0.236 e. The molecule has 0 radical (unpaired) electrons. The van der Waals surface area contributed by atoms with E-state index < -0.39 is 9.84 Å². The van der Waals surface area contributed by atoms with Crippen LogP contribution in [0.3, 0.4) is 0 Å². The minimum atomic E-state index is -2.89. The molecular formula is C9H18N2O3S. The van der Waals surface area contributed by atoms with Crippen molar-refractivity contribution in [3.63, 3.8) is 0 Å². The maximum Gasteiger partial charge on any atom is 0.236 e. The van der Waals surface area contributed by atoms with Gasteiger partial charge in [0.15, 0.2) is 9.84 Å². The van der Waals surface area contributed by atoms with Crippen LogP contribution in [0.2, 0.25) is 0 Å². The Morgan fingerprint density at radius 1 is 1.47 bits per heavy atom. The van der Waals surface area contributed by atoms with Crippen molar-refractivity contribution in [1.82, 2.24) is 10.2 Å². The molecule has 0 saturated carbocycles. The van der Waals surface area contributed by atoms with E-state index in [9.17, 15) is 13.2 Å². The molecule has 0 aromatic heterocycles. The Bertz CT molecular complexity index is 324. The highest BCUT2D eigenvalue weighted by molar-refractivity contribution is 7.91. The maximum atomic E-state index is 11.3. The molecule has 1 atom stereocenters. The first-order valence-corrected chi connectivity index (χ1v) is 6.87. The quantitative estimate of drug-likeness (QED) is 0.697. The van der Waals surface area contributed by atoms with Crippen molar-refractivity contribution in [3.8, 4) is 0 Å². The van der Waals surface area contributed by atoms with Gasteiger partial charge in [-0.1, -0.05) is 0 Å². The molecule has 1 amide bonds. The zero-order chi connectivity index (χ0) is 11.5. The SMILES string of the molecule is CN(C)C(=O)CNC1CCCS(=O)(=O)C1. The molecule has 0 aliphatic carbocycles. The van der Waals surface area contributed by atoms with Gasteiger partial charge in [-0.05, 0) is 12.8 Å².